The van der Waals surface area contributed by atoms with Gasteiger partial charge in [-0.3, -0.25) is 19.5 Å². The molecule has 4 aliphatic rings. The van der Waals surface area contributed by atoms with Gasteiger partial charge in [0.05, 0.1) is 30.5 Å². The third-order valence-electron chi connectivity index (χ3n) is 9.82. The number of benzene rings is 1. The molecule has 0 bridgehead atoms. The van der Waals surface area contributed by atoms with E-state index in [0.29, 0.717) is 44.2 Å². The van der Waals surface area contributed by atoms with Crippen LogP contribution in [-0.4, -0.2) is 112 Å². The molecule has 3 fully saturated rings. The van der Waals surface area contributed by atoms with E-state index < -0.39 is 0 Å². The molecule has 0 spiro atoms. The number of piperazine rings is 2. The summed E-state index contributed by atoms with van der Waals surface area (Å²) in [7, 11) is 0. The average molecular weight is 586 g/mol. The van der Waals surface area contributed by atoms with E-state index in [2.05, 4.69) is 63.0 Å². The molecule has 1 saturated carbocycles. The Morgan fingerprint density at radius 3 is 2.72 bits per heavy atom. The highest BCUT2D eigenvalue weighted by Crippen LogP contribution is 2.42. The molecule has 11 heteroatoms. The smallest absolute Gasteiger partial charge is 0.241 e. The fourth-order valence-corrected chi connectivity index (χ4v) is 7.59. The number of fused-ring (bicyclic) bond motifs is 4. The maximum Gasteiger partial charge on any atom is 0.241 e. The molecular formula is C32H40FN9O. The Hall–Kier alpha value is -3.43. The minimum Gasteiger partial charge on any atom is -0.311 e. The molecule has 1 aromatic carbocycles. The van der Waals surface area contributed by atoms with Crippen LogP contribution in [0.5, 0.6) is 0 Å². The summed E-state index contributed by atoms with van der Waals surface area (Å²) in [5.41, 5.74) is 4.29. The van der Waals surface area contributed by atoms with Crippen molar-refractivity contribution in [3.8, 4) is 6.07 Å². The number of nitrogens with one attached hydrogen (secondary N) is 1. The van der Waals surface area contributed by atoms with Gasteiger partial charge in [-0.25, -0.2) is 13.9 Å². The number of carbonyl (C=O) groups is 1. The molecule has 0 radical (unpaired) electrons. The fraction of sp³-hybridized carbons (Fsp3) is 0.562. The number of carbonyl (C=O) groups excluding carboxylic acids is 1. The minimum absolute atomic E-state index is 0.0984. The van der Waals surface area contributed by atoms with Crippen molar-refractivity contribution in [3.63, 3.8) is 0 Å². The standard InChI is InChI=1S/C32H40FN9O/c1-21-16-40(25(15-35-21)17-39-11-10-38(9-8-34)26-14-27(26)39)18-29(43)41-19-32(2,3)30-28(41)13-23(31-36-20-37-42(30)31)12-22-4-6-24(33)7-5-22/h4-7,13,20-21,25-27,35H,9-12,14-19H2,1-3H3/t21-,25+,26?,27?/m1/s1. The summed E-state index contributed by atoms with van der Waals surface area (Å²) in [5, 5.41) is 17.4. The van der Waals surface area contributed by atoms with Gasteiger partial charge in [0.25, 0.3) is 0 Å². The van der Waals surface area contributed by atoms with Crippen molar-refractivity contribution in [2.24, 2.45) is 0 Å². The Morgan fingerprint density at radius 1 is 1.16 bits per heavy atom. The maximum absolute atomic E-state index is 14.2. The zero-order valence-corrected chi connectivity index (χ0v) is 25.2. The van der Waals surface area contributed by atoms with E-state index in [1.54, 1.807) is 18.5 Å². The van der Waals surface area contributed by atoms with E-state index in [9.17, 15) is 9.18 Å². The number of nitriles is 1. The normalized spacial score (nSPS) is 27.2. The number of hydrogen-bond acceptors (Lipinski definition) is 8. The molecule has 4 atom stereocenters. The molecule has 7 rings (SSSR count). The van der Waals surface area contributed by atoms with E-state index in [1.807, 2.05) is 9.42 Å². The topological polar surface area (TPSA) is 96.0 Å². The van der Waals surface area contributed by atoms with Gasteiger partial charge in [0.1, 0.15) is 12.1 Å². The molecule has 10 nitrogen and oxygen atoms in total. The molecule has 5 heterocycles. The predicted octanol–water partition coefficient (Wildman–Crippen LogP) is 2.03. The van der Waals surface area contributed by atoms with Gasteiger partial charge in [0.15, 0.2) is 5.65 Å². The Balaban J connectivity index is 1.12. The lowest BCUT2D eigenvalue weighted by Crippen LogP contribution is -2.62. The number of amides is 1. The maximum atomic E-state index is 14.2. The summed E-state index contributed by atoms with van der Waals surface area (Å²) in [6.07, 6.45) is 3.27. The summed E-state index contributed by atoms with van der Waals surface area (Å²) in [5.74, 6) is -0.163. The van der Waals surface area contributed by atoms with Crippen molar-refractivity contribution in [1.82, 2.24) is 34.6 Å². The van der Waals surface area contributed by atoms with E-state index in [-0.39, 0.29) is 23.2 Å². The molecule has 1 N–H and O–H groups in total. The molecule has 1 amide bonds. The molecule has 2 unspecified atom stereocenters. The fourth-order valence-electron chi connectivity index (χ4n) is 7.59. The van der Waals surface area contributed by atoms with E-state index in [1.165, 1.54) is 12.1 Å². The summed E-state index contributed by atoms with van der Waals surface area (Å²) in [6, 6.07) is 12.5. The molecule has 43 heavy (non-hydrogen) atoms. The largest absolute Gasteiger partial charge is 0.311 e. The Labute approximate surface area is 252 Å². The first kappa shape index (κ1) is 28.3. The lowest BCUT2D eigenvalue weighted by Gasteiger charge is -2.43. The summed E-state index contributed by atoms with van der Waals surface area (Å²) >= 11 is 0. The van der Waals surface area contributed by atoms with Crippen LogP contribution >= 0.6 is 0 Å². The molecule has 2 aromatic heterocycles. The third-order valence-corrected chi connectivity index (χ3v) is 9.82. The van der Waals surface area contributed by atoms with Crippen molar-refractivity contribution in [2.45, 2.75) is 63.2 Å². The zero-order valence-electron chi connectivity index (χ0n) is 25.2. The van der Waals surface area contributed by atoms with Crippen molar-refractivity contribution in [2.75, 3.05) is 57.3 Å². The third kappa shape index (κ3) is 5.31. The van der Waals surface area contributed by atoms with E-state index in [0.717, 1.165) is 67.3 Å². The molecule has 2 saturated heterocycles. The number of halogens is 1. The van der Waals surface area contributed by atoms with Gasteiger partial charge in [-0.2, -0.15) is 10.4 Å². The van der Waals surface area contributed by atoms with Crippen LogP contribution in [0.4, 0.5) is 10.1 Å². The minimum atomic E-state index is -0.300. The predicted molar refractivity (Wildman–Crippen MR) is 161 cm³/mol. The number of nitrogens with zero attached hydrogens (tertiary/aromatic N) is 8. The molecule has 3 aromatic rings. The van der Waals surface area contributed by atoms with Gasteiger partial charge < -0.3 is 10.2 Å². The van der Waals surface area contributed by atoms with Crippen LogP contribution in [0.3, 0.4) is 0 Å². The quantitative estimate of drug-likeness (QED) is 0.421. The van der Waals surface area contributed by atoms with Crippen molar-refractivity contribution in [1.29, 1.82) is 5.26 Å². The van der Waals surface area contributed by atoms with Crippen molar-refractivity contribution in [3.05, 3.63) is 59.3 Å². The van der Waals surface area contributed by atoms with Crippen LogP contribution in [0.25, 0.3) is 5.65 Å². The van der Waals surface area contributed by atoms with Crippen LogP contribution in [0.2, 0.25) is 0 Å². The Kier molecular flexibility index (Phi) is 7.21. The van der Waals surface area contributed by atoms with Crippen LogP contribution in [0, 0.1) is 17.1 Å². The first-order valence-corrected chi connectivity index (χ1v) is 15.4. The number of aromatic nitrogens is 3. The molecule has 1 aliphatic carbocycles. The number of anilines is 1. The average Bonchev–Trinajstić information content (AvgIpc) is 3.55. The number of rotatable bonds is 7. The highest BCUT2D eigenvalue weighted by molar-refractivity contribution is 5.97. The van der Waals surface area contributed by atoms with Gasteiger partial charge in [-0.05, 0) is 37.1 Å². The zero-order chi connectivity index (χ0) is 29.9. The second kappa shape index (κ2) is 10.9. The first-order valence-electron chi connectivity index (χ1n) is 15.4. The number of hydrogen-bond donors (Lipinski definition) is 1. The van der Waals surface area contributed by atoms with Gasteiger partial charge >= 0.3 is 0 Å². The van der Waals surface area contributed by atoms with Crippen LogP contribution in [0.15, 0.2) is 36.7 Å². The molecule has 3 aliphatic heterocycles. The van der Waals surface area contributed by atoms with Gasteiger partial charge in [0, 0.05) is 80.8 Å². The Bertz CT molecular complexity index is 1560. The van der Waals surface area contributed by atoms with Gasteiger partial charge in [0.2, 0.25) is 5.91 Å². The SMILES string of the molecule is C[C@@H]1CN(CC(=O)N2CC(C)(C)c3c2cc(Cc2ccc(F)cc2)c2ncnn32)[C@H](CN2CCN(CC#N)C3CC32)CN1. The summed E-state index contributed by atoms with van der Waals surface area (Å²) < 4.78 is 15.5. The first-order chi connectivity index (χ1) is 20.7. The lowest BCUT2D eigenvalue weighted by atomic mass is 9.90. The summed E-state index contributed by atoms with van der Waals surface area (Å²) in [6.45, 7) is 12.5. The van der Waals surface area contributed by atoms with Crippen LogP contribution in [0.1, 0.15) is 44.0 Å². The second-order valence-corrected chi connectivity index (χ2v) is 13.5. The van der Waals surface area contributed by atoms with Crippen LogP contribution in [-0.2, 0) is 16.6 Å². The van der Waals surface area contributed by atoms with Gasteiger partial charge in [-0.15, -0.1) is 0 Å². The lowest BCUT2D eigenvalue weighted by molar-refractivity contribution is -0.120. The second-order valence-electron chi connectivity index (χ2n) is 13.5. The highest BCUT2D eigenvalue weighted by atomic mass is 19.1. The van der Waals surface area contributed by atoms with E-state index >= 15 is 0 Å². The number of pyridine rings is 1. The van der Waals surface area contributed by atoms with Gasteiger partial charge in [-0.1, -0.05) is 26.0 Å². The van der Waals surface area contributed by atoms with E-state index in [4.69, 9.17) is 5.26 Å². The van der Waals surface area contributed by atoms with Crippen molar-refractivity contribution < 1.29 is 9.18 Å². The molecule has 226 valence electrons. The summed E-state index contributed by atoms with van der Waals surface area (Å²) in [4.78, 5) is 28.0. The molecular weight excluding hydrogens is 545 g/mol. The monoisotopic (exact) mass is 585 g/mol. The highest BCUT2D eigenvalue weighted by Gasteiger charge is 2.49. The van der Waals surface area contributed by atoms with Crippen molar-refractivity contribution >= 4 is 17.2 Å². The Morgan fingerprint density at radius 2 is 1.93 bits per heavy atom. The van der Waals surface area contributed by atoms with Crippen LogP contribution < -0.4 is 10.2 Å².